The number of rotatable bonds is 3. The normalized spacial score (nSPS) is 10.5. The van der Waals surface area contributed by atoms with E-state index < -0.39 is 0 Å². The maximum absolute atomic E-state index is 9.06. The van der Waals surface area contributed by atoms with Gasteiger partial charge in [0.1, 0.15) is 27.5 Å². The van der Waals surface area contributed by atoms with Crippen LogP contribution in [0.1, 0.15) is 5.56 Å². The van der Waals surface area contributed by atoms with Gasteiger partial charge in [0.2, 0.25) is 0 Å². The zero-order valence-corrected chi connectivity index (χ0v) is 12.5. The molecule has 3 aromatic rings. The Balaban J connectivity index is 2.20. The molecule has 0 radical (unpaired) electrons. The van der Waals surface area contributed by atoms with Crippen molar-refractivity contribution in [1.82, 2.24) is 9.38 Å². The number of hydrogen-bond donors (Lipinski definition) is 0. The predicted molar refractivity (Wildman–Crippen MR) is 83.4 cm³/mol. The molecule has 2 heterocycles. The van der Waals surface area contributed by atoms with Crippen molar-refractivity contribution < 1.29 is 4.74 Å². The van der Waals surface area contributed by atoms with E-state index >= 15 is 0 Å². The molecule has 0 saturated heterocycles. The van der Waals surface area contributed by atoms with Crippen molar-refractivity contribution in [3.8, 4) is 22.4 Å². The maximum Gasteiger partial charge on any atom is 0.140 e. The fourth-order valence-electron chi connectivity index (χ4n) is 2.20. The van der Waals surface area contributed by atoms with Crippen LogP contribution in [0.2, 0.25) is 0 Å². The highest BCUT2D eigenvalue weighted by Gasteiger charge is 2.14. The summed E-state index contributed by atoms with van der Waals surface area (Å²) in [7, 11) is 1.64. The quantitative estimate of drug-likeness (QED) is 0.543. The lowest BCUT2D eigenvalue weighted by atomic mass is 10.1. The molecule has 0 aliphatic rings. The summed E-state index contributed by atoms with van der Waals surface area (Å²) in [6, 6.07) is 11.7. The van der Waals surface area contributed by atoms with Crippen LogP contribution in [-0.2, 0) is 0 Å². The Morgan fingerprint density at radius 3 is 2.67 bits per heavy atom. The number of ether oxygens (including phenoxy) is 1. The molecule has 0 saturated carbocycles. The summed E-state index contributed by atoms with van der Waals surface area (Å²) >= 11 is 1.12. The molecule has 0 fully saturated rings. The molecule has 4 nitrogen and oxygen atoms in total. The highest BCUT2D eigenvalue weighted by molar-refractivity contribution is 8.03. The summed E-state index contributed by atoms with van der Waals surface area (Å²) in [5.41, 5.74) is 3.77. The number of aryl methyl sites for hydroxylation is 1. The van der Waals surface area contributed by atoms with Crippen LogP contribution in [0.25, 0.3) is 16.9 Å². The van der Waals surface area contributed by atoms with Gasteiger partial charge in [-0.1, -0.05) is 0 Å². The molecule has 0 amide bonds. The zero-order valence-electron chi connectivity index (χ0n) is 11.7. The summed E-state index contributed by atoms with van der Waals surface area (Å²) in [5.74, 6) is 0.799. The van der Waals surface area contributed by atoms with Crippen molar-refractivity contribution in [2.45, 2.75) is 11.9 Å². The number of nitriles is 1. The Labute approximate surface area is 127 Å². The van der Waals surface area contributed by atoms with E-state index in [4.69, 9.17) is 10.00 Å². The number of fused-ring (bicyclic) bond motifs is 1. The summed E-state index contributed by atoms with van der Waals surface area (Å²) in [6.45, 7) is 2.03. The van der Waals surface area contributed by atoms with Gasteiger partial charge >= 0.3 is 0 Å². The molecule has 21 heavy (non-hydrogen) atoms. The SMILES string of the molecule is COc1ccc(-c2nc3cc(C)ccn3c2SC#N)cc1. The number of pyridine rings is 1. The smallest absolute Gasteiger partial charge is 0.140 e. The van der Waals surface area contributed by atoms with E-state index in [1.165, 1.54) is 0 Å². The van der Waals surface area contributed by atoms with E-state index in [1.807, 2.05) is 53.9 Å². The van der Waals surface area contributed by atoms with Gasteiger partial charge in [-0.2, -0.15) is 5.26 Å². The average Bonchev–Trinajstić information content (AvgIpc) is 2.85. The Bertz CT molecular complexity index is 831. The Morgan fingerprint density at radius 2 is 2.00 bits per heavy atom. The van der Waals surface area contributed by atoms with Gasteiger partial charge in [-0.3, -0.25) is 4.40 Å². The lowest BCUT2D eigenvalue weighted by Gasteiger charge is -2.02. The van der Waals surface area contributed by atoms with Gasteiger partial charge in [0.05, 0.1) is 7.11 Å². The molecule has 104 valence electrons. The summed E-state index contributed by atoms with van der Waals surface area (Å²) in [6.07, 6.45) is 1.95. The molecule has 0 unspecified atom stereocenters. The fourth-order valence-corrected chi connectivity index (χ4v) is 2.80. The Kier molecular flexibility index (Phi) is 3.55. The first kappa shape index (κ1) is 13.5. The lowest BCUT2D eigenvalue weighted by molar-refractivity contribution is 0.415. The molecule has 0 aliphatic heterocycles. The monoisotopic (exact) mass is 295 g/mol. The Hall–Kier alpha value is -2.45. The van der Waals surface area contributed by atoms with Gasteiger partial charge in [-0.25, -0.2) is 4.98 Å². The van der Waals surface area contributed by atoms with Gasteiger partial charge < -0.3 is 4.74 Å². The second-order valence-corrected chi connectivity index (χ2v) is 5.39. The summed E-state index contributed by atoms with van der Waals surface area (Å²) in [5, 5.41) is 12.0. The van der Waals surface area contributed by atoms with Gasteiger partial charge in [0.25, 0.3) is 0 Å². The minimum atomic E-state index is 0.799. The van der Waals surface area contributed by atoms with Crippen molar-refractivity contribution in [2.75, 3.05) is 7.11 Å². The number of imidazole rings is 1. The van der Waals surface area contributed by atoms with Crippen molar-refractivity contribution >= 4 is 17.4 Å². The van der Waals surface area contributed by atoms with Gasteiger partial charge in [0.15, 0.2) is 0 Å². The van der Waals surface area contributed by atoms with Crippen LogP contribution in [0, 0.1) is 17.6 Å². The molecule has 0 bridgehead atoms. The van der Waals surface area contributed by atoms with Crippen LogP contribution in [0.3, 0.4) is 0 Å². The molecule has 0 N–H and O–H groups in total. The van der Waals surface area contributed by atoms with E-state index in [-0.39, 0.29) is 0 Å². The van der Waals surface area contributed by atoms with Gasteiger partial charge in [0, 0.05) is 23.5 Å². The minimum absolute atomic E-state index is 0.799. The van der Waals surface area contributed by atoms with Crippen molar-refractivity contribution in [3.63, 3.8) is 0 Å². The number of aromatic nitrogens is 2. The first-order chi connectivity index (χ1) is 10.2. The lowest BCUT2D eigenvalue weighted by Crippen LogP contribution is -1.87. The highest BCUT2D eigenvalue weighted by Crippen LogP contribution is 2.32. The first-order valence-electron chi connectivity index (χ1n) is 6.42. The van der Waals surface area contributed by atoms with Crippen LogP contribution in [0.5, 0.6) is 5.75 Å². The van der Waals surface area contributed by atoms with Crippen molar-refractivity contribution in [1.29, 1.82) is 5.26 Å². The largest absolute Gasteiger partial charge is 0.497 e. The fraction of sp³-hybridized carbons (Fsp3) is 0.125. The first-order valence-corrected chi connectivity index (χ1v) is 7.23. The van der Waals surface area contributed by atoms with Crippen molar-refractivity contribution in [2.24, 2.45) is 0 Å². The minimum Gasteiger partial charge on any atom is -0.497 e. The number of thioether (sulfide) groups is 1. The van der Waals surface area contributed by atoms with Gasteiger partial charge in [-0.05, 0) is 48.9 Å². The molecule has 1 aromatic carbocycles. The Morgan fingerprint density at radius 1 is 1.24 bits per heavy atom. The third kappa shape index (κ3) is 2.46. The van der Waals surface area contributed by atoms with Crippen LogP contribution < -0.4 is 4.74 Å². The second kappa shape index (κ2) is 5.51. The topological polar surface area (TPSA) is 50.3 Å². The maximum atomic E-state index is 9.06. The molecule has 3 rings (SSSR count). The zero-order chi connectivity index (χ0) is 14.8. The van der Waals surface area contributed by atoms with Gasteiger partial charge in [-0.15, -0.1) is 0 Å². The van der Waals surface area contributed by atoms with E-state index in [0.717, 1.165) is 45.0 Å². The third-order valence-electron chi connectivity index (χ3n) is 3.24. The predicted octanol–water partition coefficient (Wildman–Crippen LogP) is 3.89. The van der Waals surface area contributed by atoms with Crippen LogP contribution >= 0.6 is 11.8 Å². The summed E-state index contributed by atoms with van der Waals surface area (Å²) in [4.78, 5) is 4.67. The number of thiocyanates is 1. The van der Waals surface area contributed by atoms with Crippen LogP contribution in [0.15, 0.2) is 47.6 Å². The van der Waals surface area contributed by atoms with Crippen molar-refractivity contribution in [3.05, 3.63) is 48.2 Å². The van der Waals surface area contributed by atoms with E-state index in [2.05, 4.69) is 10.4 Å². The molecule has 0 atom stereocenters. The summed E-state index contributed by atoms with van der Waals surface area (Å²) < 4.78 is 7.12. The van der Waals surface area contributed by atoms with Crippen LogP contribution in [-0.4, -0.2) is 16.5 Å². The standard InChI is InChI=1S/C16H13N3OS/c1-11-7-8-19-14(9-11)18-15(16(19)21-10-17)12-3-5-13(20-2)6-4-12/h3-9H,1-2H3. The molecule has 0 spiro atoms. The number of hydrogen-bond acceptors (Lipinski definition) is 4. The second-order valence-electron chi connectivity index (χ2n) is 4.62. The number of benzene rings is 1. The molecule has 2 aromatic heterocycles. The number of methoxy groups -OCH3 is 1. The highest BCUT2D eigenvalue weighted by atomic mass is 32.2. The van der Waals surface area contributed by atoms with E-state index in [9.17, 15) is 0 Å². The van der Waals surface area contributed by atoms with Crippen LogP contribution in [0.4, 0.5) is 0 Å². The molecular formula is C16H13N3OS. The number of nitrogens with zero attached hydrogens (tertiary/aromatic N) is 3. The third-order valence-corrected chi connectivity index (χ3v) is 3.92. The molecular weight excluding hydrogens is 282 g/mol. The molecule has 0 aliphatic carbocycles. The van der Waals surface area contributed by atoms with E-state index in [1.54, 1.807) is 7.11 Å². The molecule has 5 heteroatoms. The average molecular weight is 295 g/mol. The van der Waals surface area contributed by atoms with E-state index in [0.29, 0.717) is 0 Å².